The van der Waals surface area contributed by atoms with Crippen molar-refractivity contribution in [1.29, 1.82) is 0 Å². The molecule has 1 aromatic rings. The second kappa shape index (κ2) is 7.19. The summed E-state index contributed by atoms with van der Waals surface area (Å²) < 4.78 is 0. The van der Waals surface area contributed by atoms with Gasteiger partial charge in [0.2, 0.25) is 0 Å². The molecule has 1 fully saturated rings. The summed E-state index contributed by atoms with van der Waals surface area (Å²) in [7, 11) is 0. The lowest BCUT2D eigenvalue weighted by Gasteiger charge is -2.41. The fourth-order valence-electron chi connectivity index (χ4n) is 3.04. The zero-order chi connectivity index (χ0) is 14.5. The molecule has 2 rings (SSSR count). The molecule has 1 aliphatic rings. The molecule has 0 aromatic carbocycles. The molecule has 0 radical (unpaired) electrons. The van der Waals surface area contributed by atoms with Crippen LogP contribution in [0.1, 0.15) is 45.0 Å². The first-order valence-corrected chi connectivity index (χ1v) is 8.00. The van der Waals surface area contributed by atoms with Crippen molar-refractivity contribution >= 4 is 0 Å². The van der Waals surface area contributed by atoms with Gasteiger partial charge in [-0.2, -0.15) is 0 Å². The van der Waals surface area contributed by atoms with Gasteiger partial charge in [0.15, 0.2) is 0 Å². The van der Waals surface area contributed by atoms with Gasteiger partial charge in [-0.3, -0.25) is 9.88 Å². The van der Waals surface area contributed by atoms with E-state index in [1.165, 1.54) is 18.5 Å². The number of hydrogen-bond acceptors (Lipinski definition) is 3. The topological polar surface area (TPSA) is 28.2 Å². The highest BCUT2D eigenvalue weighted by Gasteiger charge is 2.28. The molecule has 112 valence electrons. The second-order valence-electron chi connectivity index (χ2n) is 6.40. The summed E-state index contributed by atoms with van der Waals surface area (Å²) in [4.78, 5) is 7.30. The fourth-order valence-corrected chi connectivity index (χ4v) is 3.04. The van der Waals surface area contributed by atoms with Crippen LogP contribution in [-0.2, 0) is 6.54 Å². The van der Waals surface area contributed by atoms with E-state index in [9.17, 15) is 0 Å². The zero-order valence-electron chi connectivity index (χ0n) is 13.4. The summed E-state index contributed by atoms with van der Waals surface area (Å²) in [5, 5.41) is 3.72. The highest BCUT2D eigenvalue weighted by molar-refractivity contribution is 5.10. The van der Waals surface area contributed by atoms with Crippen LogP contribution in [0.15, 0.2) is 18.2 Å². The van der Waals surface area contributed by atoms with Crippen LogP contribution >= 0.6 is 0 Å². The van der Waals surface area contributed by atoms with Gasteiger partial charge in [-0.25, -0.2) is 0 Å². The summed E-state index contributed by atoms with van der Waals surface area (Å²) in [6, 6.07) is 7.60. The number of hydrogen-bond donors (Lipinski definition) is 1. The minimum absolute atomic E-state index is 0.605. The second-order valence-corrected chi connectivity index (χ2v) is 6.40. The van der Waals surface area contributed by atoms with Gasteiger partial charge in [0, 0.05) is 37.4 Å². The minimum atomic E-state index is 0.605. The lowest BCUT2D eigenvalue weighted by molar-refractivity contribution is 0.0984. The molecular formula is C17H29N3. The van der Waals surface area contributed by atoms with Crippen LogP contribution in [0, 0.1) is 12.8 Å². The molecule has 0 bridgehead atoms. The van der Waals surface area contributed by atoms with Gasteiger partial charge >= 0.3 is 0 Å². The van der Waals surface area contributed by atoms with Crippen molar-refractivity contribution in [3.05, 3.63) is 29.6 Å². The minimum Gasteiger partial charge on any atom is -0.311 e. The van der Waals surface area contributed by atoms with Crippen LogP contribution in [0.25, 0.3) is 0 Å². The summed E-state index contributed by atoms with van der Waals surface area (Å²) in [6.45, 7) is 12.2. The van der Waals surface area contributed by atoms with E-state index < -0.39 is 0 Å². The number of pyridine rings is 1. The summed E-state index contributed by atoms with van der Waals surface area (Å²) in [6.07, 6.45) is 2.51. The Labute approximate surface area is 123 Å². The molecule has 1 saturated heterocycles. The van der Waals surface area contributed by atoms with Gasteiger partial charge in [-0.15, -0.1) is 0 Å². The molecular weight excluding hydrogens is 246 g/mol. The van der Waals surface area contributed by atoms with Crippen molar-refractivity contribution in [2.45, 2.75) is 59.2 Å². The average Bonchev–Trinajstić information content (AvgIpc) is 2.41. The van der Waals surface area contributed by atoms with E-state index >= 15 is 0 Å². The molecule has 2 unspecified atom stereocenters. The first kappa shape index (κ1) is 15.5. The maximum absolute atomic E-state index is 4.67. The van der Waals surface area contributed by atoms with Crippen LogP contribution in [0.4, 0.5) is 0 Å². The third kappa shape index (κ3) is 4.03. The van der Waals surface area contributed by atoms with Gasteiger partial charge in [-0.1, -0.05) is 33.3 Å². The lowest BCUT2D eigenvalue weighted by atomic mass is 9.97. The van der Waals surface area contributed by atoms with Crippen LogP contribution in [-0.4, -0.2) is 35.1 Å². The smallest absolute Gasteiger partial charge is 0.0547 e. The van der Waals surface area contributed by atoms with Gasteiger partial charge in [0.05, 0.1) is 5.69 Å². The largest absolute Gasteiger partial charge is 0.311 e. The predicted octanol–water partition coefficient (Wildman–Crippen LogP) is 2.99. The third-order valence-electron chi connectivity index (χ3n) is 4.30. The van der Waals surface area contributed by atoms with Crippen molar-refractivity contribution in [3.8, 4) is 0 Å². The predicted molar refractivity (Wildman–Crippen MR) is 84.7 cm³/mol. The van der Waals surface area contributed by atoms with E-state index in [0.29, 0.717) is 18.0 Å². The van der Waals surface area contributed by atoms with E-state index in [1.54, 1.807) is 0 Å². The number of aromatic nitrogens is 1. The van der Waals surface area contributed by atoms with E-state index in [2.05, 4.69) is 61.1 Å². The molecule has 2 heterocycles. The third-order valence-corrected chi connectivity index (χ3v) is 4.30. The van der Waals surface area contributed by atoms with E-state index in [1.807, 2.05) is 0 Å². The molecule has 0 amide bonds. The maximum atomic E-state index is 4.67. The Morgan fingerprint density at radius 3 is 2.85 bits per heavy atom. The monoisotopic (exact) mass is 275 g/mol. The van der Waals surface area contributed by atoms with E-state index in [-0.39, 0.29) is 0 Å². The van der Waals surface area contributed by atoms with Crippen LogP contribution < -0.4 is 5.32 Å². The van der Waals surface area contributed by atoms with Crippen LogP contribution in [0.5, 0.6) is 0 Å². The highest BCUT2D eigenvalue weighted by Crippen LogP contribution is 2.18. The quantitative estimate of drug-likeness (QED) is 0.895. The maximum Gasteiger partial charge on any atom is 0.0547 e. The molecule has 0 aliphatic carbocycles. The van der Waals surface area contributed by atoms with E-state index in [4.69, 9.17) is 0 Å². The van der Waals surface area contributed by atoms with Crippen LogP contribution in [0.3, 0.4) is 0 Å². The first-order valence-electron chi connectivity index (χ1n) is 8.00. The number of rotatable bonds is 5. The Morgan fingerprint density at radius 1 is 1.40 bits per heavy atom. The van der Waals surface area contributed by atoms with Gasteiger partial charge in [0.1, 0.15) is 0 Å². The van der Waals surface area contributed by atoms with Gasteiger partial charge in [-0.05, 0) is 31.4 Å². The molecule has 2 atom stereocenters. The number of piperazine rings is 1. The molecule has 1 aromatic heterocycles. The van der Waals surface area contributed by atoms with Gasteiger partial charge < -0.3 is 5.32 Å². The van der Waals surface area contributed by atoms with Crippen molar-refractivity contribution in [1.82, 2.24) is 15.2 Å². The molecule has 20 heavy (non-hydrogen) atoms. The SMILES string of the molecule is CCCC1CNC(C(C)C)CN1Cc1cccc(C)n1. The summed E-state index contributed by atoms with van der Waals surface area (Å²) in [5.74, 6) is 0.686. The van der Waals surface area contributed by atoms with Crippen LogP contribution in [0.2, 0.25) is 0 Å². The molecule has 0 spiro atoms. The van der Waals surface area contributed by atoms with Crippen molar-refractivity contribution in [2.75, 3.05) is 13.1 Å². The number of nitrogens with one attached hydrogen (secondary N) is 1. The zero-order valence-corrected chi connectivity index (χ0v) is 13.4. The molecule has 1 aliphatic heterocycles. The van der Waals surface area contributed by atoms with Crippen molar-refractivity contribution in [3.63, 3.8) is 0 Å². The lowest BCUT2D eigenvalue weighted by Crippen LogP contribution is -2.57. The Balaban J connectivity index is 2.06. The Hall–Kier alpha value is -0.930. The van der Waals surface area contributed by atoms with Gasteiger partial charge in [0.25, 0.3) is 0 Å². The van der Waals surface area contributed by atoms with Crippen molar-refractivity contribution < 1.29 is 0 Å². The Kier molecular flexibility index (Phi) is 5.55. The van der Waals surface area contributed by atoms with E-state index in [0.717, 1.165) is 25.3 Å². The number of aryl methyl sites for hydroxylation is 1. The summed E-state index contributed by atoms with van der Waals surface area (Å²) in [5.41, 5.74) is 2.32. The molecule has 3 heteroatoms. The molecule has 0 saturated carbocycles. The number of nitrogens with zero attached hydrogens (tertiary/aromatic N) is 2. The Bertz CT molecular complexity index is 416. The molecule has 3 nitrogen and oxygen atoms in total. The Morgan fingerprint density at radius 2 is 2.20 bits per heavy atom. The molecule has 1 N–H and O–H groups in total. The van der Waals surface area contributed by atoms with Crippen molar-refractivity contribution in [2.24, 2.45) is 5.92 Å². The summed E-state index contributed by atoms with van der Waals surface area (Å²) >= 11 is 0. The first-order chi connectivity index (χ1) is 9.60. The standard InChI is InChI=1S/C17H29N3/c1-5-7-16-10-18-17(13(2)3)12-20(16)11-15-9-6-8-14(4)19-15/h6,8-9,13,16-18H,5,7,10-12H2,1-4H3. The normalized spacial score (nSPS) is 24.2. The highest BCUT2D eigenvalue weighted by atomic mass is 15.2. The average molecular weight is 275 g/mol. The fraction of sp³-hybridized carbons (Fsp3) is 0.706.